The highest BCUT2D eigenvalue weighted by Crippen LogP contribution is 2.41. The molecular formula is C33H30ClN7O4S. The number of aromatic carboxylic acids is 1. The highest BCUT2D eigenvalue weighted by molar-refractivity contribution is 7.18. The number of thiophene rings is 1. The van der Waals surface area contributed by atoms with Gasteiger partial charge in [-0.15, -0.1) is 11.3 Å². The molecule has 5 heterocycles. The minimum absolute atomic E-state index is 0.129. The minimum atomic E-state index is -1.03. The molecule has 2 atom stereocenters. The Kier molecular flexibility index (Phi) is 7.63. The molecule has 0 amide bonds. The lowest BCUT2D eigenvalue weighted by molar-refractivity contribution is 0.0699. The van der Waals surface area contributed by atoms with Crippen molar-refractivity contribution in [1.82, 2.24) is 24.4 Å². The van der Waals surface area contributed by atoms with Gasteiger partial charge in [-0.25, -0.2) is 14.8 Å². The van der Waals surface area contributed by atoms with Gasteiger partial charge in [-0.3, -0.25) is 19.2 Å². The average Bonchev–Trinajstić information content (AvgIpc) is 3.74. The number of pyridine rings is 2. The van der Waals surface area contributed by atoms with Gasteiger partial charge in [0.15, 0.2) is 0 Å². The fourth-order valence-electron chi connectivity index (χ4n) is 6.41. The van der Waals surface area contributed by atoms with E-state index in [0.717, 1.165) is 35.5 Å². The molecule has 5 aromatic rings. The van der Waals surface area contributed by atoms with E-state index in [0.29, 0.717) is 57.5 Å². The first-order chi connectivity index (χ1) is 22.2. The Bertz CT molecular complexity index is 2160. The second-order valence-electron chi connectivity index (χ2n) is 11.6. The van der Waals surface area contributed by atoms with Crippen molar-refractivity contribution in [3.8, 4) is 22.9 Å². The fraction of sp³-hybridized carbons (Fsp3) is 0.333. The molecule has 2 unspecified atom stereocenters. The van der Waals surface area contributed by atoms with E-state index in [2.05, 4.69) is 37.9 Å². The summed E-state index contributed by atoms with van der Waals surface area (Å²) in [6.07, 6.45) is 3.22. The molecule has 0 radical (unpaired) electrons. The van der Waals surface area contributed by atoms with Crippen LogP contribution in [0.3, 0.4) is 0 Å². The SMILES string of the molecule is CCc1cc(-c2cc(Cl)ccc2OCCn2c(C)nc3cnc(N4CCN(C)C5CC54)c(C#N)c3c2=O)c2scc(C(=O)O)c2n1. The highest BCUT2D eigenvalue weighted by Gasteiger charge is 2.48. The summed E-state index contributed by atoms with van der Waals surface area (Å²) in [5.74, 6) is 0.526. The van der Waals surface area contributed by atoms with Crippen LogP contribution in [0.5, 0.6) is 5.75 Å². The van der Waals surface area contributed by atoms with Crippen LogP contribution < -0.4 is 15.2 Å². The van der Waals surface area contributed by atoms with Crippen molar-refractivity contribution < 1.29 is 14.6 Å². The summed E-state index contributed by atoms with van der Waals surface area (Å²) in [5.41, 5.74) is 3.14. The molecule has 1 aliphatic carbocycles. The van der Waals surface area contributed by atoms with E-state index in [4.69, 9.17) is 16.3 Å². The molecule has 7 rings (SSSR count). The number of halogens is 1. The van der Waals surface area contributed by atoms with Crippen LogP contribution in [0.4, 0.5) is 5.82 Å². The maximum atomic E-state index is 13.9. The molecule has 11 nitrogen and oxygen atoms in total. The number of ether oxygens (including phenoxy) is 1. The second-order valence-corrected chi connectivity index (χ2v) is 12.9. The Labute approximate surface area is 273 Å². The van der Waals surface area contributed by atoms with Gasteiger partial charge in [0.1, 0.15) is 35.6 Å². The van der Waals surface area contributed by atoms with E-state index in [-0.39, 0.29) is 35.2 Å². The van der Waals surface area contributed by atoms with Crippen LogP contribution >= 0.6 is 22.9 Å². The zero-order valence-corrected chi connectivity index (χ0v) is 27.0. The monoisotopic (exact) mass is 655 g/mol. The summed E-state index contributed by atoms with van der Waals surface area (Å²) in [4.78, 5) is 44.2. The number of hydrogen-bond donors (Lipinski definition) is 1. The molecule has 2 aliphatic rings. The van der Waals surface area contributed by atoms with Crippen molar-refractivity contribution >= 4 is 55.8 Å². The van der Waals surface area contributed by atoms with Gasteiger partial charge in [0.05, 0.1) is 39.4 Å². The van der Waals surface area contributed by atoms with E-state index in [1.807, 2.05) is 13.0 Å². The summed E-state index contributed by atoms with van der Waals surface area (Å²) >= 11 is 7.75. The smallest absolute Gasteiger partial charge is 0.338 e. The van der Waals surface area contributed by atoms with Crippen molar-refractivity contribution in [2.45, 2.75) is 45.3 Å². The Morgan fingerprint density at radius 2 is 2.04 bits per heavy atom. The van der Waals surface area contributed by atoms with Crippen molar-refractivity contribution in [2.75, 3.05) is 31.6 Å². The van der Waals surface area contributed by atoms with Crippen molar-refractivity contribution in [3.05, 3.63) is 73.9 Å². The Hall–Kier alpha value is -4.57. The van der Waals surface area contributed by atoms with Gasteiger partial charge in [0, 0.05) is 52.4 Å². The van der Waals surface area contributed by atoms with Crippen LogP contribution in [0.15, 0.2) is 40.6 Å². The number of anilines is 1. The van der Waals surface area contributed by atoms with E-state index >= 15 is 0 Å². The number of piperazine rings is 1. The number of benzene rings is 1. The Morgan fingerprint density at radius 3 is 2.80 bits per heavy atom. The molecule has 2 fully saturated rings. The van der Waals surface area contributed by atoms with Crippen LogP contribution in [0.1, 0.15) is 40.8 Å². The highest BCUT2D eigenvalue weighted by atomic mass is 35.5. The first kappa shape index (κ1) is 30.1. The van der Waals surface area contributed by atoms with Gasteiger partial charge in [-0.1, -0.05) is 18.5 Å². The number of aromatic nitrogens is 4. The predicted octanol–water partition coefficient (Wildman–Crippen LogP) is 5.13. The number of carbonyl (C=O) groups is 1. The molecule has 0 spiro atoms. The van der Waals surface area contributed by atoms with Crippen LogP contribution in [0.2, 0.25) is 5.02 Å². The van der Waals surface area contributed by atoms with E-state index in [9.17, 15) is 20.0 Å². The van der Waals surface area contributed by atoms with E-state index in [1.165, 1.54) is 15.9 Å². The van der Waals surface area contributed by atoms with Crippen LogP contribution in [0.25, 0.3) is 32.2 Å². The van der Waals surface area contributed by atoms with Gasteiger partial charge in [0.2, 0.25) is 0 Å². The summed E-state index contributed by atoms with van der Waals surface area (Å²) in [6, 6.07) is 10.2. The van der Waals surface area contributed by atoms with E-state index in [1.54, 1.807) is 36.7 Å². The Balaban J connectivity index is 1.22. The molecule has 46 heavy (non-hydrogen) atoms. The summed E-state index contributed by atoms with van der Waals surface area (Å²) in [6.45, 7) is 5.63. The maximum Gasteiger partial charge on any atom is 0.338 e. The van der Waals surface area contributed by atoms with Gasteiger partial charge >= 0.3 is 5.97 Å². The van der Waals surface area contributed by atoms with Crippen LogP contribution in [0, 0.1) is 18.3 Å². The largest absolute Gasteiger partial charge is 0.491 e. The van der Waals surface area contributed by atoms with Crippen molar-refractivity contribution in [2.24, 2.45) is 0 Å². The first-order valence-corrected chi connectivity index (χ1v) is 16.3. The molecular weight excluding hydrogens is 626 g/mol. The lowest BCUT2D eigenvalue weighted by atomic mass is 10.0. The Morgan fingerprint density at radius 1 is 1.22 bits per heavy atom. The molecule has 1 aromatic carbocycles. The zero-order chi connectivity index (χ0) is 32.3. The molecule has 1 saturated heterocycles. The third kappa shape index (κ3) is 5.05. The predicted molar refractivity (Wildman–Crippen MR) is 177 cm³/mol. The first-order valence-electron chi connectivity index (χ1n) is 15.0. The van der Waals surface area contributed by atoms with E-state index < -0.39 is 5.97 Å². The lowest BCUT2D eigenvalue weighted by Crippen LogP contribution is -2.45. The molecule has 1 saturated carbocycles. The van der Waals surface area contributed by atoms with Crippen molar-refractivity contribution in [1.29, 1.82) is 5.26 Å². The molecule has 234 valence electrons. The zero-order valence-electron chi connectivity index (χ0n) is 25.5. The lowest BCUT2D eigenvalue weighted by Gasteiger charge is -2.33. The van der Waals surface area contributed by atoms with Gasteiger partial charge in [0.25, 0.3) is 5.56 Å². The average molecular weight is 656 g/mol. The minimum Gasteiger partial charge on any atom is -0.491 e. The summed E-state index contributed by atoms with van der Waals surface area (Å²) in [7, 11) is 2.11. The number of fused-ring (bicyclic) bond motifs is 3. The number of aryl methyl sites for hydroxylation is 2. The molecule has 13 heteroatoms. The summed E-state index contributed by atoms with van der Waals surface area (Å²) < 4.78 is 8.54. The topological polar surface area (TPSA) is 137 Å². The number of nitriles is 1. The number of hydrogen-bond acceptors (Lipinski definition) is 10. The quantitative estimate of drug-likeness (QED) is 0.239. The number of carboxylic acids is 1. The second kappa shape index (κ2) is 11.7. The number of nitrogens with zero attached hydrogens (tertiary/aromatic N) is 7. The number of carboxylic acid groups (broad SMARTS) is 1. The maximum absolute atomic E-state index is 13.9. The molecule has 0 bridgehead atoms. The molecule has 4 aromatic heterocycles. The normalized spacial score (nSPS) is 17.7. The van der Waals surface area contributed by atoms with Gasteiger partial charge in [-0.2, -0.15) is 5.26 Å². The van der Waals surface area contributed by atoms with Gasteiger partial charge < -0.3 is 14.7 Å². The summed E-state index contributed by atoms with van der Waals surface area (Å²) in [5, 5.41) is 22.3. The van der Waals surface area contributed by atoms with Gasteiger partial charge in [-0.05, 0) is 51.1 Å². The third-order valence-electron chi connectivity index (χ3n) is 8.91. The molecule has 1 aliphatic heterocycles. The van der Waals surface area contributed by atoms with Crippen LogP contribution in [-0.2, 0) is 13.0 Å². The molecule has 1 N–H and O–H groups in total. The fourth-order valence-corrected chi connectivity index (χ4v) is 7.60. The number of likely N-dealkylation sites (N-methyl/N-ethyl adjacent to an activating group) is 1. The number of rotatable bonds is 8. The van der Waals surface area contributed by atoms with Crippen LogP contribution in [-0.4, -0.2) is 74.3 Å². The third-order valence-corrected chi connectivity index (χ3v) is 10.1. The standard InChI is InChI=1S/C33H30ClN7O4S/c1-4-19-12-21(30-29(38-19)23(16-46-30)33(43)44)20-11-18(34)5-6-27(20)45-10-9-40-17(2)37-24-15-36-31(22(14-35)28(24)32(40)42)41-8-7-39(3)25-13-26(25)41/h5-6,11-12,15-16,25-26H,4,7-10,13H2,1-3H3,(H,43,44). The van der Waals surface area contributed by atoms with Crippen molar-refractivity contribution in [3.63, 3.8) is 0 Å².